The first-order valence-corrected chi connectivity index (χ1v) is 6.84. The molecular weight excluding hydrogens is 248 g/mol. The molecule has 0 aliphatic carbocycles. The molecule has 1 aliphatic heterocycles. The average molecular weight is 264 g/mol. The predicted octanol–water partition coefficient (Wildman–Crippen LogP) is 2.40. The lowest BCUT2D eigenvalue weighted by molar-refractivity contribution is -0.139. The zero-order valence-electron chi connectivity index (χ0n) is 10.7. The van der Waals surface area contributed by atoms with E-state index in [0.29, 0.717) is 6.42 Å². The third-order valence-electron chi connectivity index (χ3n) is 3.14. The molecule has 2 rings (SSSR count). The molecule has 0 bridgehead atoms. The van der Waals surface area contributed by atoms with Crippen molar-refractivity contribution >= 4 is 23.5 Å². The van der Waals surface area contributed by atoms with Crippen molar-refractivity contribution in [2.45, 2.75) is 30.8 Å². The maximum Gasteiger partial charge on any atom is 0.319 e. The van der Waals surface area contributed by atoms with Crippen molar-refractivity contribution in [1.29, 1.82) is 0 Å². The fourth-order valence-electron chi connectivity index (χ4n) is 2.14. The highest BCUT2D eigenvalue weighted by molar-refractivity contribution is 8.01. The number of ketones is 1. The molecule has 0 radical (unpaired) electrons. The molecule has 0 saturated carbocycles. The van der Waals surface area contributed by atoms with Crippen LogP contribution in [0.4, 0.5) is 0 Å². The van der Waals surface area contributed by atoms with Crippen molar-refractivity contribution in [3.05, 3.63) is 34.9 Å². The Labute approximate surface area is 111 Å². The van der Waals surface area contributed by atoms with Gasteiger partial charge in [0.05, 0.1) is 12.4 Å². The van der Waals surface area contributed by atoms with Gasteiger partial charge in [0.15, 0.2) is 5.78 Å². The Kier molecular flexibility index (Phi) is 3.76. The highest BCUT2D eigenvalue weighted by Crippen LogP contribution is 2.31. The predicted molar refractivity (Wildman–Crippen MR) is 72.1 cm³/mol. The number of carbonyl (C=O) groups excluding carboxylic acids is 2. The number of rotatable bonds is 1. The van der Waals surface area contributed by atoms with Gasteiger partial charge in [-0.15, -0.1) is 11.8 Å². The minimum absolute atomic E-state index is 0.102. The third kappa shape index (κ3) is 2.43. The van der Waals surface area contributed by atoms with Crippen molar-refractivity contribution < 1.29 is 14.3 Å². The van der Waals surface area contributed by atoms with Gasteiger partial charge in [-0.05, 0) is 31.9 Å². The zero-order valence-corrected chi connectivity index (χ0v) is 11.5. The number of hydrogen-bond acceptors (Lipinski definition) is 4. The average Bonchev–Trinajstić information content (AvgIpc) is 2.48. The summed E-state index contributed by atoms with van der Waals surface area (Å²) < 4.78 is 4.80. The maximum atomic E-state index is 12.3. The number of aryl methyl sites for hydroxylation is 1. The van der Waals surface area contributed by atoms with Crippen molar-refractivity contribution in [1.82, 2.24) is 0 Å². The van der Waals surface area contributed by atoms with E-state index in [1.165, 1.54) is 18.9 Å². The SMILES string of the molecule is COC(=O)[C@H]1Cc2ccc(C)cc2C(=O)[C@H](C)S1. The Hall–Kier alpha value is -1.29. The largest absolute Gasteiger partial charge is 0.468 e. The monoisotopic (exact) mass is 264 g/mol. The molecule has 18 heavy (non-hydrogen) atoms. The summed E-state index contributed by atoms with van der Waals surface area (Å²) in [5, 5.41) is -0.505. The van der Waals surface area contributed by atoms with Crippen LogP contribution >= 0.6 is 11.8 Å². The van der Waals surface area contributed by atoms with Crippen molar-refractivity contribution in [2.75, 3.05) is 7.11 Å². The first-order valence-electron chi connectivity index (χ1n) is 5.90. The summed E-state index contributed by atoms with van der Waals surface area (Å²) in [7, 11) is 1.39. The minimum atomic E-state index is -0.294. The molecular formula is C14H16O3S. The summed E-state index contributed by atoms with van der Waals surface area (Å²) in [5.74, 6) is -0.154. The van der Waals surface area contributed by atoms with Crippen LogP contribution in [-0.2, 0) is 16.0 Å². The number of methoxy groups -OCH3 is 1. The normalized spacial score (nSPS) is 23.2. The van der Waals surface area contributed by atoms with E-state index in [4.69, 9.17) is 4.74 Å². The molecule has 0 aromatic heterocycles. The Bertz CT molecular complexity index is 496. The molecule has 0 amide bonds. The van der Waals surface area contributed by atoms with E-state index in [1.807, 2.05) is 32.0 Å². The number of carbonyl (C=O) groups is 2. The fourth-order valence-corrected chi connectivity index (χ4v) is 3.37. The Morgan fingerprint density at radius 2 is 2.17 bits per heavy atom. The van der Waals surface area contributed by atoms with Gasteiger partial charge in [0.25, 0.3) is 0 Å². The molecule has 96 valence electrons. The maximum absolute atomic E-state index is 12.3. The lowest BCUT2D eigenvalue weighted by Crippen LogP contribution is -2.23. The van der Waals surface area contributed by atoms with E-state index in [2.05, 4.69) is 0 Å². The number of thioether (sulfide) groups is 1. The van der Waals surface area contributed by atoms with Gasteiger partial charge in [-0.3, -0.25) is 9.59 Å². The Balaban J connectivity index is 2.42. The lowest BCUT2D eigenvalue weighted by Gasteiger charge is -2.13. The second kappa shape index (κ2) is 5.14. The van der Waals surface area contributed by atoms with E-state index >= 15 is 0 Å². The third-order valence-corrected chi connectivity index (χ3v) is 4.45. The van der Waals surface area contributed by atoms with Gasteiger partial charge in [0.1, 0.15) is 5.25 Å². The van der Waals surface area contributed by atoms with Crippen LogP contribution < -0.4 is 0 Å². The van der Waals surface area contributed by atoms with Gasteiger partial charge in [-0.25, -0.2) is 0 Å². The number of ether oxygens (including phenoxy) is 1. The van der Waals surface area contributed by atoms with Gasteiger partial charge in [-0.2, -0.15) is 0 Å². The summed E-state index contributed by atoms with van der Waals surface area (Å²) in [4.78, 5) is 24.0. The molecule has 0 saturated heterocycles. The van der Waals surface area contributed by atoms with Crippen LogP contribution in [0, 0.1) is 6.92 Å². The Morgan fingerprint density at radius 3 is 2.83 bits per heavy atom. The second-order valence-electron chi connectivity index (χ2n) is 4.52. The number of esters is 1. The van der Waals surface area contributed by atoms with Crippen LogP contribution in [0.15, 0.2) is 18.2 Å². The van der Waals surface area contributed by atoms with Crippen molar-refractivity contribution in [3.8, 4) is 0 Å². The molecule has 1 aromatic rings. The first kappa shape index (κ1) is 13.1. The molecule has 3 nitrogen and oxygen atoms in total. The van der Waals surface area contributed by atoms with Crippen LogP contribution in [0.25, 0.3) is 0 Å². The van der Waals surface area contributed by atoms with Gasteiger partial charge in [0, 0.05) is 5.56 Å². The Morgan fingerprint density at radius 1 is 1.44 bits per heavy atom. The highest BCUT2D eigenvalue weighted by Gasteiger charge is 2.32. The van der Waals surface area contributed by atoms with Gasteiger partial charge in [0.2, 0.25) is 0 Å². The van der Waals surface area contributed by atoms with Gasteiger partial charge < -0.3 is 4.74 Å². The summed E-state index contributed by atoms with van der Waals surface area (Å²) >= 11 is 1.39. The van der Waals surface area contributed by atoms with Gasteiger partial charge in [-0.1, -0.05) is 17.7 Å². The minimum Gasteiger partial charge on any atom is -0.468 e. The van der Waals surface area contributed by atoms with Gasteiger partial charge >= 0.3 is 5.97 Å². The quantitative estimate of drug-likeness (QED) is 0.731. The number of Topliss-reactive ketones (excluding diaryl/α,β-unsaturated/α-hetero) is 1. The molecule has 4 heteroatoms. The topological polar surface area (TPSA) is 43.4 Å². The van der Waals surface area contributed by atoms with E-state index < -0.39 is 0 Å². The van der Waals surface area contributed by atoms with Crippen LogP contribution in [-0.4, -0.2) is 29.4 Å². The number of fused-ring (bicyclic) bond motifs is 1. The summed E-state index contributed by atoms with van der Waals surface area (Å²) in [6, 6.07) is 5.83. The standard InChI is InChI=1S/C14H16O3S/c1-8-4-5-10-7-12(14(16)17-3)18-9(2)13(15)11(10)6-8/h4-6,9,12H,7H2,1-3H3/t9-,12+/m0/s1. The fraction of sp³-hybridized carbons (Fsp3) is 0.429. The van der Waals surface area contributed by atoms with Crippen molar-refractivity contribution in [2.24, 2.45) is 0 Å². The molecule has 0 N–H and O–H groups in total. The molecule has 0 fully saturated rings. The first-order chi connectivity index (χ1) is 8.52. The van der Waals surface area contributed by atoms with E-state index in [1.54, 1.807) is 0 Å². The molecule has 1 aromatic carbocycles. The van der Waals surface area contributed by atoms with E-state index in [-0.39, 0.29) is 22.3 Å². The van der Waals surface area contributed by atoms with Crippen LogP contribution in [0.1, 0.15) is 28.4 Å². The smallest absolute Gasteiger partial charge is 0.319 e. The number of benzene rings is 1. The lowest BCUT2D eigenvalue weighted by atomic mass is 9.96. The van der Waals surface area contributed by atoms with E-state index in [9.17, 15) is 9.59 Å². The zero-order chi connectivity index (χ0) is 13.3. The molecule has 1 aliphatic rings. The highest BCUT2D eigenvalue weighted by atomic mass is 32.2. The summed E-state index contributed by atoms with van der Waals surface area (Å²) in [6.45, 7) is 3.81. The molecule has 1 heterocycles. The second-order valence-corrected chi connectivity index (χ2v) is 6.07. The summed E-state index contributed by atoms with van der Waals surface area (Å²) in [5.41, 5.74) is 2.76. The molecule has 0 spiro atoms. The molecule has 2 atom stereocenters. The van der Waals surface area contributed by atoms with Crippen molar-refractivity contribution in [3.63, 3.8) is 0 Å². The van der Waals surface area contributed by atoms with Crippen LogP contribution in [0.3, 0.4) is 0 Å². The van der Waals surface area contributed by atoms with Crippen LogP contribution in [0.5, 0.6) is 0 Å². The summed E-state index contributed by atoms with van der Waals surface area (Å²) in [6.07, 6.45) is 0.559. The number of hydrogen-bond donors (Lipinski definition) is 0. The van der Waals surface area contributed by atoms with Crippen LogP contribution in [0.2, 0.25) is 0 Å². The molecule has 0 unspecified atom stereocenters. The van der Waals surface area contributed by atoms with E-state index in [0.717, 1.165) is 16.7 Å².